The Hall–Kier alpha value is -1.62. The standard InChI is InChI=1S/C15H22N4O/c1-19-11-4-2-5-12(19)9-10(8-11)18-15-13(14(16)20)6-3-7-17-15/h3,6-7,10-12H,2,4-5,8-9H2,1H3,(H2,16,20)(H,17,18). The summed E-state index contributed by atoms with van der Waals surface area (Å²) in [6.45, 7) is 0. The average Bonchev–Trinajstić information content (AvgIpc) is 2.40. The van der Waals surface area contributed by atoms with E-state index in [-0.39, 0.29) is 0 Å². The summed E-state index contributed by atoms with van der Waals surface area (Å²) in [7, 11) is 2.24. The number of piperidine rings is 2. The van der Waals surface area contributed by atoms with E-state index >= 15 is 0 Å². The van der Waals surface area contributed by atoms with Gasteiger partial charge >= 0.3 is 0 Å². The lowest BCUT2D eigenvalue weighted by molar-refractivity contribution is 0.0607. The summed E-state index contributed by atoms with van der Waals surface area (Å²) in [4.78, 5) is 18.2. The largest absolute Gasteiger partial charge is 0.367 e. The van der Waals surface area contributed by atoms with Gasteiger partial charge < -0.3 is 16.0 Å². The number of hydrogen-bond acceptors (Lipinski definition) is 4. The SMILES string of the molecule is CN1C2CCCC1CC(Nc1ncccc1C(N)=O)C2. The molecule has 0 radical (unpaired) electrons. The number of nitrogens with two attached hydrogens (primary N) is 1. The molecule has 3 N–H and O–H groups in total. The number of nitrogens with one attached hydrogen (secondary N) is 1. The summed E-state index contributed by atoms with van der Waals surface area (Å²) >= 11 is 0. The van der Waals surface area contributed by atoms with Gasteiger partial charge in [0.05, 0.1) is 5.56 Å². The van der Waals surface area contributed by atoms with Crippen LogP contribution in [0.15, 0.2) is 18.3 Å². The van der Waals surface area contributed by atoms with Crippen molar-refractivity contribution < 1.29 is 4.79 Å². The maximum absolute atomic E-state index is 11.4. The van der Waals surface area contributed by atoms with Crippen molar-refractivity contribution in [3.63, 3.8) is 0 Å². The van der Waals surface area contributed by atoms with E-state index in [4.69, 9.17) is 5.73 Å². The molecule has 5 heteroatoms. The highest BCUT2D eigenvalue weighted by Crippen LogP contribution is 2.33. The molecule has 108 valence electrons. The predicted octanol–water partition coefficient (Wildman–Crippen LogP) is 1.61. The zero-order valence-electron chi connectivity index (χ0n) is 11.9. The van der Waals surface area contributed by atoms with E-state index in [1.807, 2.05) is 0 Å². The Bertz CT molecular complexity index is 490. The Morgan fingerprint density at radius 3 is 2.75 bits per heavy atom. The van der Waals surface area contributed by atoms with Crippen LogP contribution in [0, 0.1) is 0 Å². The van der Waals surface area contributed by atoms with Crippen LogP contribution in [0.2, 0.25) is 0 Å². The molecule has 2 atom stereocenters. The summed E-state index contributed by atoms with van der Waals surface area (Å²) in [6, 6.07) is 5.17. The fourth-order valence-electron chi connectivity index (χ4n) is 3.65. The van der Waals surface area contributed by atoms with Crippen molar-refractivity contribution in [3.8, 4) is 0 Å². The van der Waals surface area contributed by atoms with E-state index in [0.717, 1.165) is 12.8 Å². The quantitative estimate of drug-likeness (QED) is 0.878. The highest BCUT2D eigenvalue weighted by molar-refractivity contribution is 5.97. The van der Waals surface area contributed by atoms with Gasteiger partial charge in [-0.2, -0.15) is 0 Å². The van der Waals surface area contributed by atoms with E-state index in [0.29, 0.717) is 29.5 Å². The lowest BCUT2D eigenvalue weighted by atomic mass is 9.82. The number of carbonyl (C=O) groups is 1. The molecule has 2 unspecified atom stereocenters. The summed E-state index contributed by atoms with van der Waals surface area (Å²) < 4.78 is 0. The third kappa shape index (κ3) is 2.50. The van der Waals surface area contributed by atoms with Crippen molar-refractivity contribution in [1.82, 2.24) is 9.88 Å². The molecule has 3 heterocycles. The second-order valence-electron chi connectivity index (χ2n) is 5.98. The number of hydrogen-bond donors (Lipinski definition) is 2. The number of amides is 1. The Morgan fingerprint density at radius 1 is 1.40 bits per heavy atom. The first-order chi connectivity index (χ1) is 9.65. The Balaban J connectivity index is 1.74. The molecule has 2 aliphatic rings. The molecule has 0 saturated carbocycles. The highest BCUT2D eigenvalue weighted by Gasteiger charge is 2.36. The number of nitrogens with zero attached hydrogens (tertiary/aromatic N) is 2. The third-order valence-electron chi connectivity index (χ3n) is 4.75. The number of rotatable bonds is 3. The zero-order chi connectivity index (χ0) is 14.1. The molecule has 0 aromatic carbocycles. The second-order valence-corrected chi connectivity index (χ2v) is 5.98. The summed E-state index contributed by atoms with van der Waals surface area (Å²) in [6.07, 6.45) is 7.81. The van der Waals surface area contributed by atoms with Crippen LogP contribution in [-0.4, -0.2) is 41.0 Å². The normalized spacial score (nSPS) is 29.9. The molecule has 0 spiro atoms. The Kier molecular flexibility index (Phi) is 3.61. The summed E-state index contributed by atoms with van der Waals surface area (Å²) in [5.74, 6) is 0.210. The lowest BCUT2D eigenvalue weighted by Gasteiger charge is -2.47. The summed E-state index contributed by atoms with van der Waals surface area (Å²) in [5.41, 5.74) is 5.89. The lowest BCUT2D eigenvalue weighted by Crippen LogP contribution is -2.53. The van der Waals surface area contributed by atoms with Crippen LogP contribution in [0.5, 0.6) is 0 Å². The van der Waals surface area contributed by atoms with Crippen molar-refractivity contribution in [2.45, 2.75) is 50.2 Å². The molecular formula is C15H22N4O. The van der Waals surface area contributed by atoms with Gasteiger partial charge in [-0.25, -0.2) is 4.98 Å². The van der Waals surface area contributed by atoms with Crippen LogP contribution in [-0.2, 0) is 0 Å². The van der Waals surface area contributed by atoms with Gasteiger partial charge in [-0.05, 0) is 44.9 Å². The first kappa shape index (κ1) is 13.4. The van der Waals surface area contributed by atoms with Crippen LogP contribution in [0.25, 0.3) is 0 Å². The van der Waals surface area contributed by atoms with Crippen LogP contribution in [0.1, 0.15) is 42.5 Å². The molecule has 1 amide bonds. The van der Waals surface area contributed by atoms with Crippen LogP contribution in [0.4, 0.5) is 5.82 Å². The van der Waals surface area contributed by atoms with Gasteiger partial charge in [-0.3, -0.25) is 4.79 Å². The molecule has 1 aromatic rings. The van der Waals surface area contributed by atoms with E-state index < -0.39 is 5.91 Å². The van der Waals surface area contributed by atoms with E-state index in [9.17, 15) is 4.79 Å². The minimum atomic E-state index is -0.422. The monoisotopic (exact) mass is 274 g/mol. The van der Waals surface area contributed by atoms with Gasteiger partial charge in [0.15, 0.2) is 0 Å². The number of aromatic nitrogens is 1. The van der Waals surface area contributed by atoms with Gasteiger partial charge in [0.25, 0.3) is 5.91 Å². The smallest absolute Gasteiger partial charge is 0.252 e. The average molecular weight is 274 g/mol. The van der Waals surface area contributed by atoms with Crippen LogP contribution >= 0.6 is 0 Å². The van der Waals surface area contributed by atoms with E-state index in [1.54, 1.807) is 18.3 Å². The van der Waals surface area contributed by atoms with E-state index in [2.05, 4.69) is 22.2 Å². The molecule has 1 aromatic heterocycles. The molecule has 2 saturated heterocycles. The first-order valence-corrected chi connectivity index (χ1v) is 7.38. The second kappa shape index (κ2) is 5.40. The van der Waals surface area contributed by atoms with Crippen molar-refractivity contribution in [3.05, 3.63) is 23.9 Å². The number of primary amides is 1. The molecule has 2 bridgehead atoms. The van der Waals surface area contributed by atoms with Crippen molar-refractivity contribution in [2.24, 2.45) is 5.73 Å². The number of pyridine rings is 1. The third-order valence-corrected chi connectivity index (χ3v) is 4.75. The van der Waals surface area contributed by atoms with Gasteiger partial charge in [0, 0.05) is 24.3 Å². The van der Waals surface area contributed by atoms with Crippen LogP contribution in [0.3, 0.4) is 0 Å². The molecule has 2 fully saturated rings. The minimum absolute atomic E-state index is 0.384. The number of fused-ring (bicyclic) bond motifs is 2. The van der Waals surface area contributed by atoms with Crippen LogP contribution < -0.4 is 11.1 Å². The minimum Gasteiger partial charge on any atom is -0.367 e. The molecule has 0 aliphatic carbocycles. The molecular weight excluding hydrogens is 252 g/mol. The maximum Gasteiger partial charge on any atom is 0.252 e. The van der Waals surface area contributed by atoms with Gasteiger partial charge in [-0.1, -0.05) is 6.42 Å². The first-order valence-electron chi connectivity index (χ1n) is 7.38. The Labute approximate surface area is 119 Å². The molecule has 2 aliphatic heterocycles. The molecule has 5 nitrogen and oxygen atoms in total. The fourth-order valence-corrected chi connectivity index (χ4v) is 3.65. The van der Waals surface area contributed by atoms with E-state index in [1.165, 1.54) is 19.3 Å². The summed E-state index contributed by atoms with van der Waals surface area (Å²) in [5, 5.41) is 3.44. The predicted molar refractivity (Wildman–Crippen MR) is 78.6 cm³/mol. The molecule has 20 heavy (non-hydrogen) atoms. The fraction of sp³-hybridized carbons (Fsp3) is 0.600. The van der Waals surface area contributed by atoms with Crippen molar-refractivity contribution >= 4 is 11.7 Å². The van der Waals surface area contributed by atoms with Crippen molar-refractivity contribution in [1.29, 1.82) is 0 Å². The number of anilines is 1. The molecule has 3 rings (SSSR count). The topological polar surface area (TPSA) is 71.2 Å². The van der Waals surface area contributed by atoms with Gasteiger partial charge in [0.2, 0.25) is 0 Å². The Morgan fingerprint density at radius 2 is 2.10 bits per heavy atom. The number of carbonyl (C=O) groups excluding carboxylic acids is 1. The highest BCUT2D eigenvalue weighted by atomic mass is 16.1. The van der Waals surface area contributed by atoms with Crippen molar-refractivity contribution in [2.75, 3.05) is 12.4 Å². The zero-order valence-corrected chi connectivity index (χ0v) is 11.9. The van der Waals surface area contributed by atoms with Gasteiger partial charge in [0.1, 0.15) is 5.82 Å². The van der Waals surface area contributed by atoms with Gasteiger partial charge in [-0.15, -0.1) is 0 Å². The maximum atomic E-state index is 11.4.